The van der Waals surface area contributed by atoms with Gasteiger partial charge < -0.3 is 42.5 Å². The van der Waals surface area contributed by atoms with Gasteiger partial charge in [-0.15, -0.1) is 0 Å². The van der Waals surface area contributed by atoms with E-state index in [2.05, 4.69) is 122 Å². The van der Waals surface area contributed by atoms with Crippen molar-refractivity contribution in [3.63, 3.8) is 0 Å². The molecule has 0 saturated carbocycles. The molecule has 0 fully saturated rings. The molecule has 0 aromatic heterocycles. The van der Waals surface area contributed by atoms with Gasteiger partial charge in [0, 0.05) is 26.2 Å². The summed E-state index contributed by atoms with van der Waals surface area (Å²) in [6.07, 6.45) is 3.33. The molecule has 1 heterocycles. The van der Waals surface area contributed by atoms with Crippen molar-refractivity contribution < 1.29 is 19.2 Å². The van der Waals surface area contributed by atoms with E-state index in [1.165, 1.54) is 22.3 Å². The van der Waals surface area contributed by atoms with E-state index in [-0.39, 0.29) is 50.3 Å². The maximum atomic E-state index is 14.1. The highest BCUT2D eigenvalue weighted by atomic mass is 16.2. The van der Waals surface area contributed by atoms with E-state index in [1.54, 1.807) is 0 Å². The quantitative estimate of drug-likeness (QED) is 0.0760. The number of urea groups is 4. The number of aryl methyl sites for hydroxylation is 6. The van der Waals surface area contributed by atoms with Crippen molar-refractivity contribution in [2.24, 2.45) is 23.7 Å². The average molecular weight is 941 g/mol. The molecule has 8 N–H and O–H groups in total. The number of fused-ring (bicyclic) bond motifs is 8. The molecule has 1 aliphatic heterocycles. The normalized spacial score (nSPS) is 20.1. The number of carbonyl (C=O) groups is 4. The minimum Gasteiger partial charge on any atom is -0.334 e. The molecule has 0 spiro atoms. The maximum Gasteiger partial charge on any atom is 0.319 e. The van der Waals surface area contributed by atoms with E-state index in [4.69, 9.17) is 0 Å². The van der Waals surface area contributed by atoms with Crippen LogP contribution in [0, 0.1) is 65.2 Å². The van der Waals surface area contributed by atoms with Crippen LogP contribution in [0.4, 0.5) is 41.9 Å². The second-order valence-corrected chi connectivity index (χ2v) is 20.8. The van der Waals surface area contributed by atoms with Crippen LogP contribution < -0.4 is 42.5 Å². The molecule has 4 atom stereocenters. The topological polar surface area (TPSA) is 165 Å². The zero-order valence-corrected chi connectivity index (χ0v) is 42.4. The number of nitrogens with one attached hydrogen (secondary N) is 8. The van der Waals surface area contributed by atoms with E-state index in [0.717, 1.165) is 103 Å². The molecule has 12 heteroatoms. The van der Waals surface area contributed by atoms with Crippen LogP contribution in [0.2, 0.25) is 0 Å². The Labute approximate surface area is 411 Å². The van der Waals surface area contributed by atoms with Gasteiger partial charge in [-0.1, -0.05) is 64.1 Å². The number of rotatable bonds is 0. The summed E-state index contributed by atoms with van der Waals surface area (Å²) in [6.45, 7) is 22.6. The molecule has 6 aromatic rings. The molecule has 6 aromatic carbocycles. The predicted molar refractivity (Wildman–Crippen MR) is 284 cm³/mol. The Morgan fingerprint density at radius 1 is 0.329 bits per heavy atom. The minimum absolute atomic E-state index is 0.279. The van der Waals surface area contributed by atoms with Gasteiger partial charge in [-0.25, -0.2) is 19.2 Å². The van der Waals surface area contributed by atoms with Crippen LogP contribution >= 0.6 is 0 Å². The third-order valence-electron chi connectivity index (χ3n) is 15.8. The zero-order valence-electron chi connectivity index (χ0n) is 42.4. The zero-order chi connectivity index (χ0) is 49.7. The lowest BCUT2D eigenvalue weighted by Crippen LogP contribution is -2.34. The number of hydrogen-bond acceptors (Lipinski definition) is 4. The second kappa shape index (κ2) is 19.4. The van der Waals surface area contributed by atoms with Crippen molar-refractivity contribution >= 4 is 68.4 Å². The van der Waals surface area contributed by atoms with Crippen molar-refractivity contribution in [2.75, 3.05) is 21.3 Å². The summed E-state index contributed by atoms with van der Waals surface area (Å²) in [6, 6.07) is 18.5. The monoisotopic (exact) mass is 941 g/mol. The molecule has 364 valence electrons. The summed E-state index contributed by atoms with van der Waals surface area (Å²) in [7, 11) is 0. The highest BCUT2D eigenvalue weighted by Gasteiger charge is 2.31. The van der Waals surface area contributed by atoms with Crippen molar-refractivity contribution in [3.8, 4) is 0 Å². The van der Waals surface area contributed by atoms with Gasteiger partial charge in [-0.2, -0.15) is 0 Å². The fourth-order valence-corrected chi connectivity index (χ4v) is 11.0. The van der Waals surface area contributed by atoms with Gasteiger partial charge in [0.15, 0.2) is 0 Å². The van der Waals surface area contributed by atoms with Crippen LogP contribution in [0.25, 0.3) is 21.5 Å². The lowest BCUT2D eigenvalue weighted by atomic mass is 9.72. The Kier molecular flexibility index (Phi) is 13.3. The predicted octanol–water partition coefficient (Wildman–Crippen LogP) is 12.2. The molecule has 0 radical (unpaired) electrons. The van der Waals surface area contributed by atoms with E-state index < -0.39 is 0 Å². The first-order valence-electron chi connectivity index (χ1n) is 25.0. The lowest BCUT2D eigenvalue weighted by molar-refractivity contribution is 0.250. The molecule has 2 aliphatic carbocycles. The van der Waals surface area contributed by atoms with Crippen molar-refractivity contribution in [3.05, 3.63) is 139 Å². The number of hydrogen-bond donors (Lipinski definition) is 8. The van der Waals surface area contributed by atoms with Crippen molar-refractivity contribution in [1.29, 1.82) is 0 Å². The average Bonchev–Trinajstić information content (AvgIpc) is 3.30. The first-order chi connectivity index (χ1) is 33.4. The van der Waals surface area contributed by atoms with Gasteiger partial charge in [0.25, 0.3) is 0 Å². The standard InChI is InChI=1S/C58H68N8O4/c1-29-11-13-51-53(15-29)65-57(69)61-27-49-43-21-35(7)37(9)23-45(43)50(46-24-38(10)36(8)22-44(46)49)28-62-58(70)66-54-16-30(2)12-14-52(54)64-56(68)60-26-48-41-19-33(5)31(3)17-39(41)47(25-59-55(67)63-51)40-18-32(4)34(6)20-42(40)48/h11-17,19,21,23,32,34,36,38H,18,20,22,24-28H2,1-10H3,(H2,59,63,67)(H2,60,64,68)(H2,61,65,69)(H2,62,66,70)/t32-,34?,36-,38?/m0/s1. The Morgan fingerprint density at radius 3 is 0.829 bits per heavy atom. The van der Waals surface area contributed by atoms with Crippen molar-refractivity contribution in [1.82, 2.24) is 21.3 Å². The van der Waals surface area contributed by atoms with Gasteiger partial charge in [0.2, 0.25) is 0 Å². The smallest absolute Gasteiger partial charge is 0.319 e. The van der Waals surface area contributed by atoms with Gasteiger partial charge in [0.05, 0.1) is 22.7 Å². The second-order valence-electron chi connectivity index (χ2n) is 20.8. The lowest BCUT2D eigenvalue weighted by Gasteiger charge is -2.33. The number of benzene rings is 6. The molecule has 12 nitrogen and oxygen atoms in total. The Morgan fingerprint density at radius 2 is 0.571 bits per heavy atom. The van der Waals surface area contributed by atoms with Crippen LogP contribution in [-0.2, 0) is 51.9 Å². The van der Waals surface area contributed by atoms with Gasteiger partial charge in [-0.05, 0) is 215 Å². The molecule has 9 rings (SSSR count). The summed E-state index contributed by atoms with van der Waals surface area (Å²) in [4.78, 5) is 56.2. The van der Waals surface area contributed by atoms with Gasteiger partial charge in [0.1, 0.15) is 0 Å². The Hall–Kier alpha value is -7.08. The van der Waals surface area contributed by atoms with Gasteiger partial charge >= 0.3 is 24.1 Å². The molecular formula is C58H68N8O4. The van der Waals surface area contributed by atoms with Crippen LogP contribution in [0.3, 0.4) is 0 Å². The van der Waals surface area contributed by atoms with Crippen LogP contribution in [-0.4, -0.2) is 24.1 Å². The molecule has 70 heavy (non-hydrogen) atoms. The maximum absolute atomic E-state index is 14.1. The number of carbonyl (C=O) groups excluding carboxylic acids is 4. The van der Waals surface area contributed by atoms with E-state index in [1.807, 2.05) is 50.2 Å². The summed E-state index contributed by atoms with van der Waals surface area (Å²) >= 11 is 0. The van der Waals surface area contributed by atoms with Crippen LogP contribution in [0.1, 0.15) is 106 Å². The third-order valence-corrected chi connectivity index (χ3v) is 15.8. The molecule has 0 saturated heterocycles. The summed E-state index contributed by atoms with van der Waals surface area (Å²) in [5, 5.41) is 29.2. The molecule has 3 aliphatic rings. The first-order valence-corrected chi connectivity index (χ1v) is 25.0. The summed E-state index contributed by atoms with van der Waals surface area (Å²) in [5.74, 6) is 1.62. The SMILES string of the molecule is Cc1ccc2c(c1)NC(=O)NCc1c3c(c(c4cc(C)c(C)cc14)CNC(=O)Nc1cc(C)ccc1NC(=O)NCc1c4c(c(c5cc(C)c(C)cc15)CNC(=O)N2)CC(C)[C@@H](C)C4)C[C@H](C)C(C)C3. The van der Waals surface area contributed by atoms with E-state index >= 15 is 0 Å². The molecule has 2 unspecified atom stereocenters. The van der Waals surface area contributed by atoms with E-state index in [9.17, 15) is 19.2 Å². The fourth-order valence-electron chi connectivity index (χ4n) is 11.0. The minimum atomic E-state index is -0.390. The number of anilines is 4. The first kappa shape index (κ1) is 48.0. The highest BCUT2D eigenvalue weighted by molar-refractivity contribution is 6.01. The molecule has 4 bridgehead atoms. The molecular weight excluding hydrogens is 873 g/mol. The third kappa shape index (κ3) is 9.60. The van der Waals surface area contributed by atoms with E-state index in [0.29, 0.717) is 46.4 Å². The number of amides is 8. The van der Waals surface area contributed by atoms with Crippen molar-refractivity contribution in [2.45, 2.75) is 121 Å². The fraction of sp³-hybridized carbons (Fsp3) is 0.379. The van der Waals surface area contributed by atoms with Crippen LogP contribution in [0.5, 0.6) is 0 Å². The Bertz CT molecular complexity index is 2930. The highest BCUT2D eigenvalue weighted by Crippen LogP contribution is 2.42. The Balaban J connectivity index is 1.13. The largest absolute Gasteiger partial charge is 0.334 e. The van der Waals surface area contributed by atoms with Gasteiger partial charge in [-0.3, -0.25) is 0 Å². The molecule has 8 amide bonds. The summed E-state index contributed by atoms with van der Waals surface area (Å²) in [5.41, 5.74) is 17.4. The summed E-state index contributed by atoms with van der Waals surface area (Å²) < 4.78 is 0. The van der Waals surface area contributed by atoms with Crippen LogP contribution in [0.15, 0.2) is 60.7 Å².